The number of anilines is 2. The van der Waals surface area contributed by atoms with E-state index in [0.717, 1.165) is 4.31 Å². The van der Waals surface area contributed by atoms with Crippen LogP contribution in [-0.4, -0.2) is 28.5 Å². The van der Waals surface area contributed by atoms with Gasteiger partial charge in [-0.2, -0.15) is 0 Å². The molecule has 0 aliphatic carbocycles. The van der Waals surface area contributed by atoms with Gasteiger partial charge >= 0.3 is 0 Å². The topological polar surface area (TPSA) is 75.7 Å². The second kappa shape index (κ2) is 8.54. The molecule has 0 radical (unpaired) electrons. The fraction of sp³-hybridized carbons (Fsp3) is 0.136. The zero-order valence-corrected chi connectivity index (χ0v) is 17.5. The van der Waals surface area contributed by atoms with Crippen LogP contribution >= 0.6 is 0 Å². The van der Waals surface area contributed by atoms with Crippen molar-refractivity contribution < 1.29 is 22.3 Å². The molecule has 8 heteroatoms. The van der Waals surface area contributed by atoms with Crippen molar-refractivity contribution in [3.63, 3.8) is 0 Å². The maximum atomic E-state index is 13.2. The van der Waals surface area contributed by atoms with Crippen LogP contribution in [-0.2, 0) is 10.0 Å². The van der Waals surface area contributed by atoms with Crippen molar-refractivity contribution in [2.45, 2.75) is 11.8 Å². The number of rotatable bonds is 6. The SMILES string of the molecule is COc1ccccc1N(C)S(=O)(=O)c1ccc(C)c(C(=O)Nc2ccc(F)cc2)c1. The van der Waals surface area contributed by atoms with Gasteiger partial charge < -0.3 is 10.1 Å². The summed E-state index contributed by atoms with van der Waals surface area (Å²) in [4.78, 5) is 12.7. The Morgan fingerprint density at radius 1 is 1.03 bits per heavy atom. The van der Waals surface area contributed by atoms with Crippen LogP contribution in [0.25, 0.3) is 0 Å². The standard InChI is InChI=1S/C22H21FN2O4S/c1-15-8-13-18(14-19(15)22(26)24-17-11-9-16(23)10-12-17)30(27,28)25(2)20-6-4-5-7-21(20)29-3/h4-14H,1-3H3,(H,24,26). The Balaban J connectivity index is 1.95. The lowest BCUT2D eigenvalue weighted by Crippen LogP contribution is -2.27. The van der Waals surface area contributed by atoms with Crippen LogP contribution in [0.2, 0.25) is 0 Å². The van der Waals surface area contributed by atoms with Crippen molar-refractivity contribution in [1.29, 1.82) is 0 Å². The molecule has 6 nitrogen and oxygen atoms in total. The van der Waals surface area contributed by atoms with Crippen LogP contribution in [0.4, 0.5) is 15.8 Å². The molecule has 156 valence electrons. The molecule has 30 heavy (non-hydrogen) atoms. The maximum Gasteiger partial charge on any atom is 0.264 e. The average Bonchev–Trinajstić information content (AvgIpc) is 2.74. The third-order valence-electron chi connectivity index (χ3n) is 4.64. The summed E-state index contributed by atoms with van der Waals surface area (Å²) in [6, 6.07) is 16.4. The second-order valence-corrected chi connectivity index (χ2v) is 8.55. The molecule has 0 aliphatic rings. The fourth-order valence-electron chi connectivity index (χ4n) is 2.92. The van der Waals surface area contributed by atoms with Crippen LogP contribution in [0.3, 0.4) is 0 Å². The van der Waals surface area contributed by atoms with Gasteiger partial charge in [-0.05, 0) is 61.0 Å². The third kappa shape index (κ3) is 4.28. The van der Waals surface area contributed by atoms with Crippen molar-refractivity contribution in [3.8, 4) is 5.75 Å². The lowest BCUT2D eigenvalue weighted by Gasteiger charge is -2.22. The summed E-state index contributed by atoms with van der Waals surface area (Å²) in [6.45, 7) is 1.71. The molecule has 3 aromatic rings. The smallest absolute Gasteiger partial charge is 0.264 e. The molecular weight excluding hydrogens is 407 g/mol. The van der Waals surface area contributed by atoms with Gasteiger partial charge in [-0.3, -0.25) is 9.10 Å². The van der Waals surface area contributed by atoms with E-state index in [9.17, 15) is 17.6 Å². The highest BCUT2D eigenvalue weighted by Gasteiger charge is 2.25. The Labute approximate surface area is 175 Å². The monoisotopic (exact) mass is 428 g/mol. The van der Waals surface area contributed by atoms with Gasteiger partial charge in [-0.25, -0.2) is 12.8 Å². The van der Waals surface area contributed by atoms with E-state index in [4.69, 9.17) is 4.74 Å². The number of hydrogen-bond acceptors (Lipinski definition) is 4. The number of carbonyl (C=O) groups excluding carboxylic acids is 1. The molecule has 0 unspecified atom stereocenters. The van der Waals surface area contributed by atoms with Crippen LogP contribution < -0.4 is 14.4 Å². The van der Waals surface area contributed by atoms with E-state index in [2.05, 4.69) is 5.32 Å². The Hall–Kier alpha value is -3.39. The number of nitrogens with one attached hydrogen (secondary N) is 1. The number of halogens is 1. The predicted molar refractivity (Wildman–Crippen MR) is 114 cm³/mol. The van der Waals surface area contributed by atoms with Gasteiger partial charge in [-0.1, -0.05) is 18.2 Å². The van der Waals surface area contributed by atoms with Crippen LogP contribution in [0.5, 0.6) is 5.75 Å². The highest BCUT2D eigenvalue weighted by molar-refractivity contribution is 7.92. The number of benzene rings is 3. The first-order chi connectivity index (χ1) is 14.2. The van der Waals surface area contributed by atoms with Gasteiger partial charge in [0.15, 0.2) is 0 Å². The quantitative estimate of drug-likeness (QED) is 0.638. The number of carbonyl (C=O) groups is 1. The van der Waals surface area contributed by atoms with Gasteiger partial charge in [0.2, 0.25) is 0 Å². The number of amides is 1. The molecule has 1 amide bonds. The van der Waals surface area contributed by atoms with Crippen LogP contribution in [0.1, 0.15) is 15.9 Å². The van der Waals surface area contributed by atoms with E-state index in [-0.39, 0.29) is 10.5 Å². The minimum atomic E-state index is -3.95. The molecule has 0 saturated heterocycles. The van der Waals surface area contributed by atoms with Crippen LogP contribution in [0.15, 0.2) is 71.6 Å². The van der Waals surface area contributed by atoms with E-state index in [1.165, 1.54) is 50.6 Å². The molecule has 0 atom stereocenters. The van der Waals surface area contributed by atoms with Gasteiger partial charge in [0.1, 0.15) is 11.6 Å². The van der Waals surface area contributed by atoms with Crippen molar-refractivity contribution >= 4 is 27.3 Å². The molecule has 3 aromatic carbocycles. The number of para-hydroxylation sites is 2. The first-order valence-corrected chi connectivity index (χ1v) is 10.5. The van der Waals surface area contributed by atoms with Gasteiger partial charge in [0.05, 0.1) is 17.7 Å². The molecule has 1 N–H and O–H groups in total. The molecule has 0 fully saturated rings. The van der Waals surface area contributed by atoms with E-state index in [1.807, 2.05) is 0 Å². The number of sulfonamides is 1. The summed E-state index contributed by atoms with van der Waals surface area (Å²) in [5.41, 5.74) is 1.58. The molecule has 0 spiro atoms. The Morgan fingerprint density at radius 2 is 1.70 bits per heavy atom. The van der Waals surface area contributed by atoms with Gasteiger partial charge in [-0.15, -0.1) is 0 Å². The fourth-order valence-corrected chi connectivity index (χ4v) is 4.15. The molecule has 0 saturated carbocycles. The summed E-state index contributed by atoms with van der Waals surface area (Å²) in [5.74, 6) is -0.502. The number of nitrogens with zero attached hydrogens (tertiary/aromatic N) is 1. The van der Waals surface area contributed by atoms with E-state index in [0.29, 0.717) is 22.7 Å². The van der Waals surface area contributed by atoms with Crippen LogP contribution in [0, 0.1) is 12.7 Å². The van der Waals surface area contributed by atoms with Crippen molar-refractivity contribution in [3.05, 3.63) is 83.7 Å². The van der Waals surface area contributed by atoms with Crippen molar-refractivity contribution in [2.24, 2.45) is 0 Å². The summed E-state index contributed by atoms with van der Waals surface area (Å²) in [7, 11) is -1.07. The average molecular weight is 428 g/mol. The van der Waals surface area contributed by atoms with Gasteiger partial charge in [0.25, 0.3) is 15.9 Å². The minimum Gasteiger partial charge on any atom is -0.495 e. The molecule has 0 aromatic heterocycles. The zero-order chi connectivity index (χ0) is 21.9. The first-order valence-electron chi connectivity index (χ1n) is 9.03. The Morgan fingerprint density at radius 3 is 2.37 bits per heavy atom. The molecule has 0 aliphatic heterocycles. The number of methoxy groups -OCH3 is 1. The minimum absolute atomic E-state index is 0.0363. The molecule has 0 heterocycles. The Bertz CT molecular complexity index is 1180. The maximum absolute atomic E-state index is 13.2. The zero-order valence-electron chi connectivity index (χ0n) is 16.7. The summed E-state index contributed by atoms with van der Waals surface area (Å²) < 4.78 is 45.8. The third-order valence-corrected chi connectivity index (χ3v) is 6.41. The van der Waals surface area contributed by atoms with E-state index < -0.39 is 21.7 Å². The lowest BCUT2D eigenvalue weighted by atomic mass is 10.1. The predicted octanol–water partition coefficient (Wildman–Crippen LogP) is 4.22. The molecular formula is C22H21FN2O4S. The number of ether oxygens (including phenoxy) is 1. The van der Waals surface area contributed by atoms with E-state index in [1.54, 1.807) is 37.3 Å². The van der Waals surface area contributed by atoms with Gasteiger partial charge in [0, 0.05) is 18.3 Å². The highest BCUT2D eigenvalue weighted by Crippen LogP contribution is 2.31. The normalized spacial score (nSPS) is 11.1. The molecule has 3 rings (SSSR count). The summed E-state index contributed by atoms with van der Waals surface area (Å²) in [6.07, 6.45) is 0. The first kappa shape index (κ1) is 21.3. The van der Waals surface area contributed by atoms with Crippen molar-refractivity contribution in [1.82, 2.24) is 0 Å². The summed E-state index contributed by atoms with van der Waals surface area (Å²) in [5, 5.41) is 2.65. The Kier molecular flexibility index (Phi) is 6.07. The molecule has 0 bridgehead atoms. The largest absolute Gasteiger partial charge is 0.495 e. The van der Waals surface area contributed by atoms with E-state index >= 15 is 0 Å². The summed E-state index contributed by atoms with van der Waals surface area (Å²) >= 11 is 0. The number of hydrogen-bond donors (Lipinski definition) is 1. The second-order valence-electron chi connectivity index (χ2n) is 6.58. The highest BCUT2D eigenvalue weighted by atomic mass is 32.2. The van der Waals surface area contributed by atoms with Crippen molar-refractivity contribution in [2.75, 3.05) is 23.8 Å². The lowest BCUT2D eigenvalue weighted by molar-refractivity contribution is 0.102. The number of aryl methyl sites for hydroxylation is 1.